The van der Waals surface area contributed by atoms with E-state index in [1.807, 2.05) is 42.5 Å². The maximum absolute atomic E-state index is 11.7. The fraction of sp³-hybridized carbons (Fsp3) is 0.0526. The van der Waals surface area contributed by atoms with Crippen molar-refractivity contribution in [2.24, 2.45) is 5.10 Å². The number of nitrogens with zero attached hydrogens (tertiary/aromatic N) is 1. The number of nitrogens with one attached hydrogen (secondary N) is 1. The Bertz CT molecular complexity index is 1080. The molecule has 0 spiro atoms. The number of ether oxygens (including phenoxy) is 1. The van der Waals surface area contributed by atoms with Gasteiger partial charge in [0.15, 0.2) is 16.7 Å². The molecule has 0 saturated carbocycles. The number of hydrogen-bond donors (Lipinski definition) is 1. The smallest absolute Gasteiger partial charge is 0.742 e. The molecule has 0 atom stereocenters. The van der Waals surface area contributed by atoms with Crippen molar-refractivity contribution in [1.29, 1.82) is 0 Å². The minimum absolute atomic E-state index is 0. The van der Waals surface area contributed by atoms with Gasteiger partial charge in [-0.2, -0.15) is 5.10 Å². The van der Waals surface area contributed by atoms with Crippen LogP contribution < -0.4 is 39.7 Å². The molecule has 0 aliphatic heterocycles. The molecule has 1 amide bonds. The van der Waals surface area contributed by atoms with Gasteiger partial charge < -0.3 is 13.7 Å². The maximum atomic E-state index is 11.7. The van der Waals surface area contributed by atoms with E-state index in [-0.39, 0.29) is 41.9 Å². The summed E-state index contributed by atoms with van der Waals surface area (Å²) in [6.07, 6.45) is 1.07. The molecule has 3 aromatic rings. The largest absolute Gasteiger partial charge is 1.00 e. The van der Waals surface area contributed by atoms with Gasteiger partial charge >= 0.3 is 29.6 Å². The van der Waals surface area contributed by atoms with E-state index in [9.17, 15) is 17.8 Å². The van der Waals surface area contributed by atoms with Crippen molar-refractivity contribution < 1.29 is 56.5 Å². The quantitative estimate of drug-likeness (QED) is 0.235. The molecular weight excluding hydrogens is 407 g/mol. The summed E-state index contributed by atoms with van der Waals surface area (Å²) >= 11 is 0. The van der Waals surface area contributed by atoms with Gasteiger partial charge in [-0.05, 0) is 35.4 Å². The van der Waals surface area contributed by atoms with Crippen LogP contribution in [0.5, 0.6) is 5.75 Å². The average molecular weight is 422 g/mol. The summed E-state index contributed by atoms with van der Waals surface area (Å²) in [7, 11) is -4.67. The second-order valence-corrected chi connectivity index (χ2v) is 6.89. The van der Waals surface area contributed by atoms with Gasteiger partial charge in [0.25, 0.3) is 5.91 Å². The Kier molecular flexibility index (Phi) is 8.18. The monoisotopic (exact) mass is 422 g/mol. The minimum Gasteiger partial charge on any atom is -0.742 e. The van der Waals surface area contributed by atoms with Crippen LogP contribution in [0, 0.1) is 0 Å². The van der Waals surface area contributed by atoms with E-state index in [1.54, 1.807) is 12.1 Å². The van der Waals surface area contributed by atoms with Crippen LogP contribution in [-0.4, -0.2) is 31.7 Å². The molecule has 0 fully saturated rings. The number of carbonyl (C=O) groups is 1. The van der Waals surface area contributed by atoms with E-state index < -0.39 is 21.1 Å². The average Bonchev–Trinajstić information content (AvgIpc) is 3.17. The third-order valence-corrected chi connectivity index (χ3v) is 4.27. The summed E-state index contributed by atoms with van der Waals surface area (Å²) in [5.41, 5.74) is 4.31. The van der Waals surface area contributed by atoms with Gasteiger partial charge in [0.2, 0.25) is 5.09 Å². The van der Waals surface area contributed by atoms with Gasteiger partial charge in [-0.3, -0.25) is 4.79 Å². The Morgan fingerprint density at radius 3 is 2.31 bits per heavy atom. The van der Waals surface area contributed by atoms with Crippen molar-refractivity contribution in [2.45, 2.75) is 5.09 Å². The van der Waals surface area contributed by atoms with Crippen LogP contribution in [0.2, 0.25) is 0 Å². The first-order chi connectivity index (χ1) is 13.4. The van der Waals surface area contributed by atoms with Crippen molar-refractivity contribution >= 4 is 22.2 Å². The van der Waals surface area contributed by atoms with Crippen molar-refractivity contribution in [3.63, 3.8) is 0 Å². The molecule has 0 aliphatic rings. The van der Waals surface area contributed by atoms with E-state index in [2.05, 4.69) is 10.5 Å². The Balaban J connectivity index is 0.00000300. The molecule has 1 aromatic heterocycles. The number of hydrazone groups is 1. The van der Waals surface area contributed by atoms with Gasteiger partial charge in [-0.25, -0.2) is 13.8 Å². The summed E-state index contributed by atoms with van der Waals surface area (Å²) in [6, 6.07) is 19.4. The fourth-order valence-electron chi connectivity index (χ4n) is 2.26. The van der Waals surface area contributed by atoms with Crippen molar-refractivity contribution in [2.75, 3.05) is 6.61 Å². The molecule has 1 heterocycles. The van der Waals surface area contributed by atoms with Gasteiger partial charge in [-0.1, -0.05) is 42.5 Å². The normalized spacial score (nSPS) is 11.1. The molecule has 0 aliphatic carbocycles. The molecule has 1 N–H and O–H groups in total. The first kappa shape index (κ1) is 22.9. The third kappa shape index (κ3) is 6.84. The van der Waals surface area contributed by atoms with Crippen LogP contribution in [0.15, 0.2) is 81.3 Å². The van der Waals surface area contributed by atoms with Crippen LogP contribution in [0.3, 0.4) is 0 Å². The van der Waals surface area contributed by atoms with E-state index >= 15 is 0 Å². The molecule has 144 valence electrons. The molecule has 0 radical (unpaired) electrons. The fourth-order valence-corrected chi connectivity index (χ4v) is 2.69. The zero-order valence-corrected chi connectivity index (χ0v) is 18.3. The predicted octanol–water partition coefficient (Wildman–Crippen LogP) is -0.616. The van der Waals surface area contributed by atoms with Crippen LogP contribution in [0.4, 0.5) is 0 Å². The summed E-state index contributed by atoms with van der Waals surface area (Å²) in [5, 5.41) is 2.89. The SMILES string of the molecule is O=C(COc1ccc(-c2ccccc2)cc1)N/N=C/c1ccc(S(=O)(=O)[O-])o1.[Na+]. The van der Waals surface area contributed by atoms with E-state index in [1.165, 1.54) is 6.07 Å². The van der Waals surface area contributed by atoms with E-state index in [0.29, 0.717) is 5.75 Å². The third-order valence-electron chi connectivity index (χ3n) is 3.56. The summed E-state index contributed by atoms with van der Waals surface area (Å²) in [4.78, 5) is 11.7. The Morgan fingerprint density at radius 1 is 1.03 bits per heavy atom. The first-order valence-electron chi connectivity index (χ1n) is 8.08. The Labute approximate surface area is 189 Å². The Hall–Kier alpha value is -2.43. The molecule has 10 heteroatoms. The van der Waals surface area contributed by atoms with Crippen molar-refractivity contribution in [3.8, 4) is 16.9 Å². The maximum Gasteiger partial charge on any atom is 1.00 e. The number of carbonyl (C=O) groups excluding carboxylic acids is 1. The van der Waals surface area contributed by atoms with Crippen LogP contribution in [0.1, 0.15) is 5.76 Å². The van der Waals surface area contributed by atoms with E-state index in [0.717, 1.165) is 23.4 Å². The number of hydrogen-bond acceptors (Lipinski definition) is 7. The molecule has 0 bridgehead atoms. The topological polar surface area (TPSA) is 121 Å². The van der Waals surface area contributed by atoms with Gasteiger partial charge in [0.05, 0.1) is 6.21 Å². The van der Waals surface area contributed by atoms with Gasteiger partial charge in [0, 0.05) is 0 Å². The molecule has 0 unspecified atom stereocenters. The summed E-state index contributed by atoms with van der Waals surface area (Å²) in [5.74, 6) is 0.00824. The summed E-state index contributed by atoms with van der Waals surface area (Å²) < 4.78 is 42.5. The molecule has 3 rings (SSSR count). The molecule has 29 heavy (non-hydrogen) atoms. The molecule has 2 aromatic carbocycles. The predicted molar refractivity (Wildman–Crippen MR) is 99.8 cm³/mol. The van der Waals surface area contributed by atoms with Gasteiger partial charge in [-0.15, -0.1) is 0 Å². The molecule has 0 saturated heterocycles. The number of furan rings is 1. The summed E-state index contributed by atoms with van der Waals surface area (Å²) in [6.45, 7) is -0.264. The van der Waals surface area contributed by atoms with Crippen LogP contribution in [0.25, 0.3) is 11.1 Å². The van der Waals surface area contributed by atoms with Gasteiger partial charge in [0.1, 0.15) is 11.5 Å². The van der Waals surface area contributed by atoms with Crippen LogP contribution >= 0.6 is 0 Å². The number of amides is 1. The zero-order valence-electron chi connectivity index (χ0n) is 15.4. The van der Waals surface area contributed by atoms with Crippen LogP contribution in [-0.2, 0) is 14.9 Å². The van der Waals surface area contributed by atoms with E-state index in [4.69, 9.17) is 9.15 Å². The molecule has 8 nitrogen and oxygen atoms in total. The second kappa shape index (κ2) is 10.4. The standard InChI is InChI=1S/C19H16N2O6S.Na/c22-18(21-20-12-17-10-11-19(27-17)28(23,24)25)13-26-16-8-6-15(7-9-16)14-4-2-1-3-5-14;/h1-12H,13H2,(H,21,22)(H,23,24,25);/q;+1/p-1/b20-12+;. The molecular formula is C19H15N2NaO6S. The van der Waals surface area contributed by atoms with Crippen molar-refractivity contribution in [1.82, 2.24) is 5.43 Å². The first-order valence-corrected chi connectivity index (χ1v) is 9.48. The Morgan fingerprint density at radius 2 is 1.69 bits per heavy atom. The second-order valence-electron chi connectivity index (χ2n) is 5.58. The number of rotatable bonds is 7. The zero-order chi connectivity index (χ0) is 20.0. The number of benzene rings is 2. The van der Waals surface area contributed by atoms with Crippen molar-refractivity contribution in [3.05, 3.63) is 72.5 Å². The minimum atomic E-state index is -4.67.